The van der Waals surface area contributed by atoms with Crippen molar-refractivity contribution in [3.63, 3.8) is 0 Å². The number of hydrogen-bond donors (Lipinski definition) is 0. The number of methoxy groups -OCH3 is 2. The van der Waals surface area contributed by atoms with E-state index >= 15 is 0 Å². The lowest BCUT2D eigenvalue weighted by Gasteiger charge is -2.53. The molecule has 0 bridgehead atoms. The second kappa shape index (κ2) is 13.3. The van der Waals surface area contributed by atoms with Crippen molar-refractivity contribution in [1.82, 2.24) is 0 Å². The molecule has 0 aromatic heterocycles. The maximum atomic E-state index is 12.0. The normalized spacial score (nSPS) is 29.8. The molecule has 6 unspecified atom stereocenters. The highest BCUT2D eigenvalue weighted by Gasteiger charge is 2.57. The van der Waals surface area contributed by atoms with E-state index in [4.69, 9.17) is 28.4 Å². The van der Waals surface area contributed by atoms with Gasteiger partial charge in [0.2, 0.25) is 0 Å². The molecule has 0 spiro atoms. The summed E-state index contributed by atoms with van der Waals surface area (Å²) in [5.41, 5.74) is 2.67. The predicted octanol–water partition coefficient (Wildman–Crippen LogP) is 6.27. The van der Waals surface area contributed by atoms with Gasteiger partial charge in [-0.25, -0.2) is 4.79 Å². The molecule has 4 rings (SSSR count). The number of hydrogen-bond acceptors (Lipinski definition) is 7. The first-order valence-electron chi connectivity index (χ1n) is 14.8. The van der Waals surface area contributed by atoms with Crippen LogP contribution in [0.3, 0.4) is 0 Å². The maximum Gasteiger partial charge on any atom is 0.332 e. The van der Waals surface area contributed by atoms with Crippen LogP contribution in [0.5, 0.6) is 5.75 Å². The van der Waals surface area contributed by atoms with Crippen molar-refractivity contribution < 1.29 is 33.2 Å². The zero-order valence-corrected chi connectivity index (χ0v) is 25.0. The van der Waals surface area contributed by atoms with Gasteiger partial charge < -0.3 is 28.4 Å². The molecule has 0 heterocycles. The molecule has 0 radical (unpaired) electrons. The van der Waals surface area contributed by atoms with Gasteiger partial charge in [-0.1, -0.05) is 19.4 Å². The Kier molecular flexibility index (Phi) is 10.4. The van der Waals surface area contributed by atoms with E-state index in [1.165, 1.54) is 30.4 Å². The molecule has 2 saturated carbocycles. The zero-order chi connectivity index (χ0) is 28.0. The van der Waals surface area contributed by atoms with Crippen molar-refractivity contribution in [2.24, 2.45) is 23.2 Å². The fourth-order valence-electron chi connectivity index (χ4n) is 7.78. The molecule has 1 aromatic rings. The zero-order valence-electron chi connectivity index (χ0n) is 25.0. The molecule has 39 heavy (non-hydrogen) atoms. The van der Waals surface area contributed by atoms with Crippen LogP contribution in [0, 0.1) is 23.2 Å². The molecule has 220 valence electrons. The smallest absolute Gasteiger partial charge is 0.332 e. The number of carbonyl (C=O) groups excluding carboxylic acids is 1. The number of ether oxygens (including phenoxy) is 6. The van der Waals surface area contributed by atoms with E-state index in [-0.39, 0.29) is 30.9 Å². The highest BCUT2D eigenvalue weighted by molar-refractivity contribution is 5.71. The van der Waals surface area contributed by atoms with Crippen LogP contribution in [0.15, 0.2) is 18.2 Å². The third-order valence-corrected chi connectivity index (χ3v) is 9.27. The van der Waals surface area contributed by atoms with Crippen LogP contribution < -0.4 is 4.74 Å². The molecular weight excluding hydrogens is 496 g/mol. The van der Waals surface area contributed by atoms with E-state index in [9.17, 15) is 4.79 Å². The van der Waals surface area contributed by atoms with Gasteiger partial charge in [-0.05, 0) is 118 Å². The minimum Gasteiger partial charge on any atom is -0.468 e. The van der Waals surface area contributed by atoms with E-state index in [1.54, 1.807) is 14.2 Å². The summed E-state index contributed by atoms with van der Waals surface area (Å²) in [7, 11) is 3.36. The number of benzene rings is 1. The molecule has 0 aliphatic heterocycles. The minimum absolute atomic E-state index is 0.0202. The van der Waals surface area contributed by atoms with E-state index in [0.29, 0.717) is 37.1 Å². The summed E-state index contributed by atoms with van der Waals surface area (Å²) in [6.45, 7) is 9.34. The Morgan fingerprint density at radius 2 is 1.85 bits per heavy atom. The predicted molar refractivity (Wildman–Crippen MR) is 150 cm³/mol. The number of unbranched alkanes of at least 4 members (excludes halogenated alkanes) is 1. The summed E-state index contributed by atoms with van der Waals surface area (Å²) in [5, 5.41) is 0. The second-order valence-electron chi connectivity index (χ2n) is 13.0. The fraction of sp³-hybridized carbons (Fsp3) is 0.781. The summed E-state index contributed by atoms with van der Waals surface area (Å²) < 4.78 is 33.4. The summed E-state index contributed by atoms with van der Waals surface area (Å²) in [4.78, 5) is 12.0. The molecular formula is C32H50O7. The van der Waals surface area contributed by atoms with Gasteiger partial charge in [0.1, 0.15) is 24.8 Å². The van der Waals surface area contributed by atoms with Gasteiger partial charge in [0, 0.05) is 20.8 Å². The monoisotopic (exact) mass is 546 g/mol. The van der Waals surface area contributed by atoms with Crippen molar-refractivity contribution in [3.05, 3.63) is 29.3 Å². The number of esters is 1. The maximum absolute atomic E-state index is 12.0. The van der Waals surface area contributed by atoms with Crippen molar-refractivity contribution in [3.8, 4) is 5.75 Å². The molecule has 6 atom stereocenters. The Labute approximate surface area is 235 Å². The van der Waals surface area contributed by atoms with E-state index in [2.05, 4.69) is 25.1 Å². The molecule has 0 saturated heterocycles. The average Bonchev–Trinajstić information content (AvgIpc) is 3.22. The Balaban J connectivity index is 1.43. The first-order valence-corrected chi connectivity index (χ1v) is 14.8. The Morgan fingerprint density at radius 1 is 1.05 bits per heavy atom. The van der Waals surface area contributed by atoms with Gasteiger partial charge in [-0.3, -0.25) is 0 Å². The summed E-state index contributed by atoms with van der Waals surface area (Å²) in [6.07, 6.45) is 9.29. The van der Waals surface area contributed by atoms with Gasteiger partial charge in [0.05, 0.1) is 6.10 Å². The first-order chi connectivity index (χ1) is 18.7. The topological polar surface area (TPSA) is 72.5 Å². The number of fused-ring (bicyclic) bond motifs is 5. The summed E-state index contributed by atoms with van der Waals surface area (Å²) in [5.74, 6) is 3.09. The Bertz CT molecular complexity index is 941. The summed E-state index contributed by atoms with van der Waals surface area (Å²) in [6, 6.07) is 6.67. The number of carbonyl (C=O) groups is 1. The van der Waals surface area contributed by atoms with Crippen LogP contribution in [0.2, 0.25) is 0 Å². The van der Waals surface area contributed by atoms with Crippen LogP contribution in [-0.2, 0) is 34.9 Å². The van der Waals surface area contributed by atoms with Crippen molar-refractivity contribution in [1.29, 1.82) is 0 Å². The van der Waals surface area contributed by atoms with E-state index in [0.717, 1.165) is 37.9 Å². The average molecular weight is 547 g/mol. The molecule has 7 heteroatoms. The van der Waals surface area contributed by atoms with Gasteiger partial charge in [0.15, 0.2) is 6.79 Å². The Morgan fingerprint density at radius 3 is 2.59 bits per heavy atom. The van der Waals surface area contributed by atoms with Crippen LogP contribution in [0.25, 0.3) is 0 Å². The SMILES string of the molecule is COCOc1ccc2c(c1)CC(CCCCOCC(=O)OC(C)(C)C)C1C2CCC2(C)C(OCOC)CCC12. The van der Waals surface area contributed by atoms with Crippen LogP contribution in [0.4, 0.5) is 0 Å². The third kappa shape index (κ3) is 7.35. The molecule has 3 aliphatic carbocycles. The third-order valence-electron chi connectivity index (χ3n) is 9.27. The van der Waals surface area contributed by atoms with Crippen LogP contribution in [-0.4, -0.2) is 58.7 Å². The molecule has 7 nitrogen and oxygen atoms in total. The van der Waals surface area contributed by atoms with Gasteiger partial charge in [-0.15, -0.1) is 0 Å². The molecule has 2 fully saturated rings. The summed E-state index contributed by atoms with van der Waals surface area (Å²) >= 11 is 0. The second-order valence-corrected chi connectivity index (χ2v) is 13.0. The fourth-order valence-corrected chi connectivity index (χ4v) is 7.78. The highest BCUT2D eigenvalue weighted by atomic mass is 16.7. The molecule has 1 aromatic carbocycles. The molecule has 0 amide bonds. The van der Waals surface area contributed by atoms with Crippen molar-refractivity contribution >= 4 is 5.97 Å². The van der Waals surface area contributed by atoms with Crippen LogP contribution in [0.1, 0.15) is 89.7 Å². The van der Waals surface area contributed by atoms with E-state index in [1.807, 2.05) is 20.8 Å². The van der Waals surface area contributed by atoms with Crippen molar-refractivity contribution in [2.75, 3.05) is 41.0 Å². The van der Waals surface area contributed by atoms with Gasteiger partial charge in [0.25, 0.3) is 0 Å². The highest BCUT2D eigenvalue weighted by Crippen LogP contribution is 2.63. The van der Waals surface area contributed by atoms with E-state index < -0.39 is 5.60 Å². The lowest BCUT2D eigenvalue weighted by molar-refractivity contribution is -0.160. The minimum atomic E-state index is -0.481. The van der Waals surface area contributed by atoms with Crippen molar-refractivity contribution in [2.45, 2.75) is 96.7 Å². The molecule has 3 aliphatic rings. The first kappa shape index (κ1) is 30.3. The standard InChI is InChI=1S/C32H50O7/c1-31(2,3)39-29(33)19-36-16-8-7-9-22-17-23-18-24(37-20-34-5)10-11-25(23)26-14-15-32(4)27(30(22)26)12-13-28(32)38-21-35-6/h10-11,18,22,26-28,30H,7-9,12-17,19-21H2,1-6H3. The number of rotatable bonds is 13. The Hall–Kier alpha value is -1.67. The van der Waals surface area contributed by atoms with Crippen LogP contribution >= 0.6 is 0 Å². The largest absolute Gasteiger partial charge is 0.468 e. The quantitative estimate of drug-likeness (QED) is 0.164. The lowest BCUT2D eigenvalue weighted by Crippen LogP contribution is -2.47. The van der Waals surface area contributed by atoms with Gasteiger partial charge >= 0.3 is 5.97 Å². The lowest BCUT2D eigenvalue weighted by atomic mass is 9.52. The van der Waals surface area contributed by atoms with Gasteiger partial charge in [-0.2, -0.15) is 0 Å². The molecule has 0 N–H and O–H groups in total.